The Morgan fingerprint density at radius 3 is 2.61 bits per heavy atom. The number of nitrogens with zero attached hydrogens (tertiary/aromatic N) is 1. The van der Waals surface area contributed by atoms with Gasteiger partial charge in [-0.05, 0) is 52.1 Å². The number of carbonyl (C=O) groups is 1. The van der Waals surface area contributed by atoms with Crippen LogP contribution in [0.2, 0.25) is 0 Å². The van der Waals surface area contributed by atoms with E-state index in [9.17, 15) is 9.90 Å². The van der Waals surface area contributed by atoms with Gasteiger partial charge >= 0.3 is 5.97 Å². The van der Waals surface area contributed by atoms with Crippen molar-refractivity contribution in [2.75, 3.05) is 32.8 Å². The van der Waals surface area contributed by atoms with E-state index in [1.54, 1.807) is 6.92 Å². The van der Waals surface area contributed by atoms with Crippen LogP contribution < -0.4 is 0 Å². The molecule has 1 N–H and O–H groups in total. The molecule has 1 saturated heterocycles. The smallest absolute Gasteiger partial charge is 0.308 e. The molecule has 0 bridgehead atoms. The Balaban J connectivity index is 2.45. The topological polar surface area (TPSA) is 59.0 Å². The first-order valence-electron chi connectivity index (χ1n) is 9.00. The first kappa shape index (κ1) is 20.4. The lowest BCUT2D eigenvalue weighted by molar-refractivity contribution is -0.160. The van der Waals surface area contributed by atoms with E-state index in [1.807, 2.05) is 0 Å². The van der Waals surface area contributed by atoms with Gasteiger partial charge in [0.05, 0.1) is 17.6 Å². The molecule has 1 aliphatic heterocycles. The van der Waals surface area contributed by atoms with Gasteiger partial charge in [-0.15, -0.1) is 0 Å². The maximum absolute atomic E-state index is 12.1. The second-order valence-corrected chi connectivity index (χ2v) is 7.12. The molecule has 0 spiro atoms. The van der Waals surface area contributed by atoms with E-state index in [2.05, 4.69) is 32.6 Å². The molecule has 0 unspecified atom stereocenters. The van der Waals surface area contributed by atoms with E-state index >= 15 is 0 Å². The second-order valence-electron chi connectivity index (χ2n) is 7.12. The normalized spacial score (nSPS) is 27.7. The Hall–Kier alpha value is -0.650. The zero-order valence-electron chi connectivity index (χ0n) is 15.6. The largest absolute Gasteiger partial charge is 0.464 e. The van der Waals surface area contributed by atoms with Crippen LogP contribution in [0, 0.1) is 5.92 Å². The predicted molar refractivity (Wildman–Crippen MR) is 91.4 cm³/mol. The molecule has 1 fully saturated rings. The number of esters is 1. The molecule has 5 heteroatoms. The van der Waals surface area contributed by atoms with Gasteiger partial charge in [0.1, 0.15) is 6.61 Å². The van der Waals surface area contributed by atoms with E-state index in [0.29, 0.717) is 13.2 Å². The maximum atomic E-state index is 12.1. The summed E-state index contributed by atoms with van der Waals surface area (Å²) in [6, 6.07) is 0. The Morgan fingerprint density at radius 1 is 1.39 bits per heavy atom. The molecule has 0 amide bonds. The minimum absolute atomic E-state index is 0.0513. The Bertz CT molecular complexity index is 368. The third-order valence-corrected chi connectivity index (χ3v) is 5.29. The average Bonchev–Trinajstić information content (AvgIpc) is 2.51. The summed E-state index contributed by atoms with van der Waals surface area (Å²) < 4.78 is 11.1. The Morgan fingerprint density at radius 2 is 2.04 bits per heavy atom. The van der Waals surface area contributed by atoms with Crippen molar-refractivity contribution in [1.29, 1.82) is 0 Å². The van der Waals surface area contributed by atoms with Crippen molar-refractivity contribution in [3.63, 3.8) is 0 Å². The van der Waals surface area contributed by atoms with Gasteiger partial charge < -0.3 is 19.5 Å². The number of rotatable bonds is 9. The van der Waals surface area contributed by atoms with Gasteiger partial charge in [0.2, 0.25) is 0 Å². The summed E-state index contributed by atoms with van der Waals surface area (Å²) in [6.45, 7) is 13.8. The molecule has 0 aromatic heterocycles. The molecule has 0 aromatic rings. The minimum Gasteiger partial charge on any atom is -0.464 e. The molecule has 5 nitrogen and oxygen atoms in total. The van der Waals surface area contributed by atoms with Crippen LogP contribution in [0.3, 0.4) is 0 Å². The number of carbonyl (C=O) groups excluding carboxylic acids is 1. The third-order valence-electron chi connectivity index (χ3n) is 5.29. The SMILES string of the molecule is CCN(CC)CCOC(=O)C[C@](C)(O)[C@@H]1CCO[C@](C)(CC)C1. The van der Waals surface area contributed by atoms with Crippen LogP contribution in [0.15, 0.2) is 0 Å². The fraction of sp³-hybridized carbons (Fsp3) is 0.944. The molecule has 136 valence electrons. The predicted octanol–water partition coefficient (Wildman–Crippen LogP) is 2.61. The summed E-state index contributed by atoms with van der Waals surface area (Å²) in [4.78, 5) is 14.3. The molecule has 0 aliphatic carbocycles. The minimum atomic E-state index is -1.04. The number of hydrogen-bond acceptors (Lipinski definition) is 5. The monoisotopic (exact) mass is 329 g/mol. The van der Waals surface area contributed by atoms with Crippen molar-refractivity contribution in [3.8, 4) is 0 Å². The quantitative estimate of drug-likeness (QED) is 0.659. The van der Waals surface area contributed by atoms with E-state index in [1.165, 1.54) is 0 Å². The zero-order chi connectivity index (χ0) is 17.5. The van der Waals surface area contributed by atoms with Gasteiger partial charge in [0.25, 0.3) is 0 Å². The van der Waals surface area contributed by atoms with Gasteiger partial charge in [-0.1, -0.05) is 20.8 Å². The lowest BCUT2D eigenvalue weighted by atomic mass is 9.75. The average molecular weight is 329 g/mol. The van der Waals surface area contributed by atoms with Gasteiger partial charge in [-0.25, -0.2) is 0 Å². The number of aliphatic hydroxyl groups is 1. The van der Waals surface area contributed by atoms with Crippen LogP contribution in [-0.4, -0.2) is 60.0 Å². The Kier molecular flexibility index (Phi) is 7.98. The molecular formula is C18H35NO4. The van der Waals surface area contributed by atoms with Crippen molar-refractivity contribution < 1.29 is 19.4 Å². The maximum Gasteiger partial charge on any atom is 0.308 e. The van der Waals surface area contributed by atoms with Crippen molar-refractivity contribution in [3.05, 3.63) is 0 Å². The highest BCUT2D eigenvalue weighted by atomic mass is 16.5. The van der Waals surface area contributed by atoms with Crippen LogP contribution >= 0.6 is 0 Å². The molecule has 1 rings (SSSR count). The first-order valence-corrected chi connectivity index (χ1v) is 9.00. The first-order chi connectivity index (χ1) is 10.8. The van der Waals surface area contributed by atoms with Crippen molar-refractivity contribution >= 4 is 5.97 Å². The van der Waals surface area contributed by atoms with Crippen LogP contribution in [0.1, 0.15) is 60.3 Å². The number of ether oxygens (including phenoxy) is 2. The fourth-order valence-electron chi connectivity index (χ4n) is 3.22. The van der Waals surface area contributed by atoms with Crippen LogP contribution in [0.5, 0.6) is 0 Å². The third kappa shape index (κ3) is 6.40. The second kappa shape index (κ2) is 9.00. The highest BCUT2D eigenvalue weighted by molar-refractivity contribution is 5.70. The molecule has 0 saturated carbocycles. The van der Waals surface area contributed by atoms with E-state index in [-0.39, 0.29) is 23.9 Å². The highest BCUT2D eigenvalue weighted by Gasteiger charge is 2.42. The zero-order valence-corrected chi connectivity index (χ0v) is 15.6. The number of likely N-dealkylation sites (N-methyl/N-ethyl adjacent to an activating group) is 1. The van der Waals surface area contributed by atoms with E-state index in [4.69, 9.17) is 9.47 Å². The van der Waals surface area contributed by atoms with Crippen molar-refractivity contribution in [2.24, 2.45) is 5.92 Å². The summed E-state index contributed by atoms with van der Waals surface area (Å²) >= 11 is 0. The lowest BCUT2D eigenvalue weighted by Crippen LogP contribution is -2.46. The Labute approximate surface area is 141 Å². The molecule has 3 atom stereocenters. The lowest BCUT2D eigenvalue weighted by Gasteiger charge is -2.43. The molecular weight excluding hydrogens is 294 g/mol. The standard InChI is InChI=1S/C18H35NO4/c1-6-17(4)13-15(9-11-23-17)18(5,21)14-16(20)22-12-10-19(7-2)8-3/h15,21H,6-14H2,1-5H3/t15-,17-,18+/m1/s1. The van der Waals surface area contributed by atoms with E-state index < -0.39 is 5.60 Å². The van der Waals surface area contributed by atoms with Crippen molar-refractivity contribution in [1.82, 2.24) is 4.90 Å². The van der Waals surface area contributed by atoms with Crippen LogP contribution in [0.4, 0.5) is 0 Å². The van der Waals surface area contributed by atoms with E-state index in [0.717, 1.165) is 38.9 Å². The molecule has 0 aromatic carbocycles. The summed E-state index contributed by atoms with van der Waals surface area (Å²) in [7, 11) is 0. The summed E-state index contributed by atoms with van der Waals surface area (Å²) in [5.41, 5.74) is -1.23. The summed E-state index contributed by atoms with van der Waals surface area (Å²) in [6.07, 6.45) is 2.53. The van der Waals surface area contributed by atoms with Crippen molar-refractivity contribution in [2.45, 2.75) is 71.5 Å². The summed E-state index contributed by atoms with van der Waals surface area (Å²) in [5, 5.41) is 10.8. The van der Waals surface area contributed by atoms with Gasteiger partial charge in [-0.3, -0.25) is 4.79 Å². The number of hydrogen-bond donors (Lipinski definition) is 1. The molecule has 1 heterocycles. The van der Waals surface area contributed by atoms with Gasteiger partial charge in [-0.2, -0.15) is 0 Å². The molecule has 1 aliphatic rings. The van der Waals surface area contributed by atoms with Crippen LogP contribution in [-0.2, 0) is 14.3 Å². The highest BCUT2D eigenvalue weighted by Crippen LogP contribution is 2.38. The van der Waals surface area contributed by atoms with Gasteiger partial charge in [0.15, 0.2) is 0 Å². The fourth-order valence-corrected chi connectivity index (χ4v) is 3.22. The molecule has 23 heavy (non-hydrogen) atoms. The van der Waals surface area contributed by atoms with Crippen LogP contribution in [0.25, 0.3) is 0 Å². The summed E-state index contributed by atoms with van der Waals surface area (Å²) in [5.74, 6) is -0.247. The van der Waals surface area contributed by atoms with Gasteiger partial charge in [0, 0.05) is 13.2 Å². The molecule has 0 radical (unpaired) electrons.